The van der Waals surface area contributed by atoms with Crippen molar-refractivity contribution < 1.29 is 102 Å². The molecule has 22 heteroatoms. The minimum Gasteiger partial charge on any atom is -1.00 e. The molecule has 0 heterocycles. The second-order valence-corrected chi connectivity index (χ2v) is 33.4. The minimum absolute atomic E-state index is 0. The first-order valence-electron chi connectivity index (χ1n) is 47.3. The predicted molar refractivity (Wildman–Crippen MR) is 474 cm³/mol. The van der Waals surface area contributed by atoms with Crippen molar-refractivity contribution >= 4 is 35.8 Å². The first kappa shape index (κ1) is 128. The van der Waals surface area contributed by atoms with Crippen molar-refractivity contribution in [1.29, 1.82) is 0 Å². The highest BCUT2D eigenvalue weighted by atomic mass is 35.5. The Morgan fingerprint density at radius 3 is 0.930 bits per heavy atom. The summed E-state index contributed by atoms with van der Waals surface area (Å²) in [6.07, 6.45) is 49.7. The maximum absolute atomic E-state index is 12.2. The Morgan fingerprint density at radius 2 is 0.609 bits per heavy atom. The van der Waals surface area contributed by atoms with Crippen molar-refractivity contribution in [2.75, 3.05) is 186 Å². The van der Waals surface area contributed by atoms with Crippen LogP contribution in [0, 0.1) is 11.8 Å². The molecule has 0 aromatic carbocycles. The summed E-state index contributed by atoms with van der Waals surface area (Å²) in [5.41, 5.74) is 0. The molecule has 0 radical (unpaired) electrons. The van der Waals surface area contributed by atoms with Crippen LogP contribution in [0.25, 0.3) is 0 Å². The highest BCUT2D eigenvalue weighted by Crippen LogP contribution is 2.16. The number of hydrogen-bond donors (Lipinski definition) is 4. The van der Waals surface area contributed by atoms with E-state index in [0.29, 0.717) is 57.3 Å². The Kier molecular flexibility index (Phi) is 111. The van der Waals surface area contributed by atoms with Gasteiger partial charge in [0.05, 0.1) is 146 Å². The number of quaternary nitrogens is 4. The fraction of sp³-hybridized carbons (Fsp3) is 0.935. The van der Waals surface area contributed by atoms with Crippen LogP contribution in [-0.2, 0) is 47.7 Å². The maximum atomic E-state index is 12.2. The van der Waals surface area contributed by atoms with Crippen LogP contribution >= 0.6 is 0 Å². The molecule has 0 spiro atoms. The van der Waals surface area contributed by atoms with Gasteiger partial charge in [-0.25, -0.2) is 0 Å². The Morgan fingerprint density at radius 1 is 0.330 bits per heavy atom. The average Bonchev–Trinajstić information content (AvgIpc) is 0.932. The predicted octanol–water partition coefficient (Wildman–Crippen LogP) is 8.85. The summed E-state index contributed by atoms with van der Waals surface area (Å²) in [5.74, 6) is -1.32. The molecule has 0 amide bonds. The van der Waals surface area contributed by atoms with Gasteiger partial charge in [0.25, 0.3) is 0 Å². The SMILES string of the molecule is CC(=O)[O-].CC(=O)[O-].CCCCC(CC)COC(=O)CCN(CCCC)CCC[N+](C)(C)CCCC.CCCCC(CC)COC(=O)CCNCCC[NH+](CCCC)CCCC.CCCCCCCCCCCCOC(=O)CCN(CCCC)CCC[N+](C)(C)CCCC.CCCC[NH+](CCCC)CCCNCCC(=O)OC.[Cl-].[Cl-]. The third-order valence-electron chi connectivity index (χ3n) is 21.0. The van der Waals surface area contributed by atoms with Gasteiger partial charge in [-0.15, -0.1) is 0 Å². The first-order chi connectivity index (χ1) is 54.2. The van der Waals surface area contributed by atoms with E-state index in [4.69, 9.17) is 34.0 Å². The maximum Gasteiger partial charge on any atom is 0.307 e. The van der Waals surface area contributed by atoms with E-state index >= 15 is 0 Å². The molecular formula is C93H196Cl2N8O12. The number of nitrogens with zero attached hydrogens (tertiary/aromatic N) is 4. The number of aliphatic carboxylic acids is 2. The number of nitrogens with one attached hydrogen (secondary N) is 4. The topological polar surface area (TPSA) is 225 Å². The second-order valence-electron chi connectivity index (χ2n) is 33.4. The van der Waals surface area contributed by atoms with Crippen LogP contribution in [0.1, 0.15) is 374 Å². The van der Waals surface area contributed by atoms with Gasteiger partial charge >= 0.3 is 23.9 Å². The number of methoxy groups -OCH3 is 1. The molecule has 2 atom stereocenters. The number of carboxylic acid groups (broad SMARTS) is 2. The number of unbranched alkanes of at least 4 members (excludes halogenated alkanes) is 19. The summed E-state index contributed by atoms with van der Waals surface area (Å²) >= 11 is 0. The highest BCUT2D eigenvalue weighted by Gasteiger charge is 2.19. The van der Waals surface area contributed by atoms with Gasteiger partial charge in [0.15, 0.2) is 0 Å². The van der Waals surface area contributed by atoms with Crippen LogP contribution in [0.2, 0.25) is 0 Å². The third-order valence-corrected chi connectivity index (χ3v) is 21.0. The Labute approximate surface area is 725 Å². The van der Waals surface area contributed by atoms with E-state index in [9.17, 15) is 19.2 Å². The average molecular weight is 1690 g/mol. The first-order valence-corrected chi connectivity index (χ1v) is 47.3. The van der Waals surface area contributed by atoms with E-state index in [1.165, 1.54) is 297 Å². The molecule has 0 bridgehead atoms. The van der Waals surface area contributed by atoms with E-state index in [-0.39, 0.29) is 48.7 Å². The van der Waals surface area contributed by atoms with Crippen molar-refractivity contribution in [2.24, 2.45) is 11.8 Å². The van der Waals surface area contributed by atoms with Crippen LogP contribution in [0.3, 0.4) is 0 Å². The number of halogens is 2. The molecule has 694 valence electrons. The fourth-order valence-electron chi connectivity index (χ4n) is 13.1. The summed E-state index contributed by atoms with van der Waals surface area (Å²) in [6.45, 7) is 55.1. The minimum atomic E-state index is -1.08. The lowest BCUT2D eigenvalue weighted by Crippen LogP contribution is -3.12. The van der Waals surface area contributed by atoms with Gasteiger partial charge in [0, 0.05) is 90.0 Å². The molecule has 0 aliphatic rings. The highest BCUT2D eigenvalue weighted by molar-refractivity contribution is 5.70. The number of carbonyl (C=O) groups is 6. The summed E-state index contributed by atoms with van der Waals surface area (Å²) in [5, 5.41) is 24.5. The lowest BCUT2D eigenvalue weighted by atomic mass is 10.0. The second kappa shape index (κ2) is 99.9. The standard InChI is InChI=1S/C28H59N2O2.C24H51N2O2.C22H46N2O2.C15H32N2O2.2C2H4O2.2ClH/c1-6-9-12-13-14-15-16-17-18-19-27-32-28(31)21-24-29(22-10-7-2)23-20-26-30(4,5)25-11-8-3;1-7-11-15-23(10-4)22-28-24(27)16-19-25(17-12-8-2)18-14-21-26(5,6)20-13-9-3;1-5-9-13-21(8-4)20-26-22(25)14-16-23-15-12-19-24(17-10-6-2)18-11-7-3;1-4-6-12-17(13-7-5-2)14-8-10-16-11-9-15(18)19-3;2*1-2(3)4;;/h6-27H2,1-5H3;23H,7-22H2,1-6H3;21,23H,5-20H2,1-4H3;16H,4-14H2,1-3H3;2*1H3,(H,3,4);2*1H/q2*+1;;;;;;/p-2. The molecule has 0 saturated carbocycles. The molecule has 0 aromatic heterocycles. The molecule has 115 heavy (non-hydrogen) atoms. The molecule has 0 saturated heterocycles. The van der Waals surface area contributed by atoms with Crippen molar-refractivity contribution in [3.8, 4) is 0 Å². The van der Waals surface area contributed by atoms with Crippen molar-refractivity contribution in [3.05, 3.63) is 0 Å². The largest absolute Gasteiger partial charge is 1.00 e. The van der Waals surface area contributed by atoms with Crippen molar-refractivity contribution in [1.82, 2.24) is 20.4 Å². The zero-order valence-electron chi connectivity index (χ0n) is 79.6. The van der Waals surface area contributed by atoms with E-state index < -0.39 is 11.9 Å². The summed E-state index contributed by atoms with van der Waals surface area (Å²) in [7, 11) is 10.8. The lowest BCUT2D eigenvalue weighted by Gasteiger charge is -2.31. The van der Waals surface area contributed by atoms with Crippen LogP contribution in [-0.4, -0.2) is 241 Å². The summed E-state index contributed by atoms with van der Waals surface area (Å²) in [4.78, 5) is 73.4. The van der Waals surface area contributed by atoms with Crippen LogP contribution in [0.4, 0.5) is 0 Å². The van der Waals surface area contributed by atoms with Gasteiger partial charge in [-0.05, 0) is 109 Å². The fourth-order valence-corrected chi connectivity index (χ4v) is 13.1. The summed E-state index contributed by atoms with van der Waals surface area (Å²) in [6, 6.07) is 0. The van der Waals surface area contributed by atoms with Gasteiger partial charge in [-0.2, -0.15) is 0 Å². The molecule has 4 N–H and O–H groups in total. The van der Waals surface area contributed by atoms with E-state index in [2.05, 4.69) is 143 Å². The molecular weight excluding hydrogens is 1490 g/mol. The van der Waals surface area contributed by atoms with E-state index in [1.54, 1.807) is 9.80 Å². The number of carbonyl (C=O) groups excluding carboxylic acids is 6. The van der Waals surface area contributed by atoms with Crippen molar-refractivity contribution in [2.45, 2.75) is 374 Å². The third kappa shape index (κ3) is 109. The number of ether oxygens (including phenoxy) is 4. The van der Waals surface area contributed by atoms with Gasteiger partial charge in [0.2, 0.25) is 0 Å². The Balaban J connectivity index is -0.000000215. The van der Waals surface area contributed by atoms with Gasteiger partial charge in [-0.1, -0.05) is 238 Å². The van der Waals surface area contributed by atoms with E-state index in [1.807, 2.05) is 0 Å². The Hall–Kier alpha value is -2.92. The number of esters is 4. The van der Waals surface area contributed by atoms with Gasteiger partial charge in [0.1, 0.15) is 0 Å². The smallest absolute Gasteiger partial charge is 0.307 e. The number of hydrogen-bond acceptors (Lipinski definition) is 16. The quantitative estimate of drug-likeness (QED) is 0.0193. The van der Waals surface area contributed by atoms with E-state index in [0.717, 1.165) is 108 Å². The molecule has 0 aliphatic carbocycles. The molecule has 0 aromatic rings. The molecule has 20 nitrogen and oxygen atoms in total. The van der Waals surface area contributed by atoms with Crippen LogP contribution in [0.5, 0.6) is 0 Å². The lowest BCUT2D eigenvalue weighted by molar-refractivity contribution is -0.900. The molecule has 0 fully saturated rings. The number of rotatable bonds is 75. The zero-order chi connectivity index (χ0) is 86.1. The van der Waals surface area contributed by atoms with Crippen LogP contribution in [0.15, 0.2) is 0 Å². The number of carboxylic acids is 2. The normalized spacial score (nSPS) is 11.6. The summed E-state index contributed by atoms with van der Waals surface area (Å²) < 4.78 is 23.3. The van der Waals surface area contributed by atoms with Crippen molar-refractivity contribution in [3.63, 3.8) is 0 Å². The van der Waals surface area contributed by atoms with Crippen LogP contribution < -0.4 is 55.5 Å². The van der Waals surface area contributed by atoms with Gasteiger partial charge in [-0.3, -0.25) is 19.2 Å². The Bertz CT molecular complexity index is 1990. The molecule has 2 unspecified atom stereocenters. The monoisotopic (exact) mass is 1690 g/mol. The molecule has 0 rings (SSSR count). The van der Waals surface area contributed by atoms with Gasteiger partial charge < -0.3 is 103 Å². The zero-order valence-corrected chi connectivity index (χ0v) is 81.1. The molecule has 0 aliphatic heterocycles.